The van der Waals surface area contributed by atoms with E-state index in [0.29, 0.717) is 24.2 Å². The van der Waals surface area contributed by atoms with Crippen molar-refractivity contribution in [2.75, 3.05) is 6.61 Å². The second-order valence-electron chi connectivity index (χ2n) is 10.2. The number of hydrogen-bond acceptors (Lipinski definition) is 5. The fraction of sp³-hybridized carbons (Fsp3) is 0.913. The van der Waals surface area contributed by atoms with Gasteiger partial charge in [-0.15, -0.1) is 0 Å². The number of cyclic esters (lactones) is 1. The standard InChI is InChI=1S/C23H41NO5/c1-15(2)10-13-18-8-7-9-19(24-22(26)29-23(4,5)6)21(25)28-16(3)20(18)27-14-17-11-12-17/h15-20H,7-14H2,1-6H3,(H,24,26). The highest BCUT2D eigenvalue weighted by atomic mass is 16.6. The first-order chi connectivity index (χ1) is 13.5. The summed E-state index contributed by atoms with van der Waals surface area (Å²) < 4.78 is 17.4. The Bertz CT molecular complexity index is 538. The summed E-state index contributed by atoms with van der Waals surface area (Å²) in [5.41, 5.74) is -0.608. The Labute approximate surface area is 176 Å². The van der Waals surface area contributed by atoms with Gasteiger partial charge in [0.05, 0.1) is 6.10 Å². The Morgan fingerprint density at radius 3 is 2.48 bits per heavy atom. The average Bonchev–Trinajstić information content (AvgIpc) is 3.39. The quantitative estimate of drug-likeness (QED) is 0.607. The number of carbonyl (C=O) groups is 2. The molecule has 0 radical (unpaired) electrons. The molecule has 0 bridgehead atoms. The Morgan fingerprint density at radius 2 is 1.90 bits per heavy atom. The first-order valence-electron chi connectivity index (χ1n) is 11.4. The molecule has 29 heavy (non-hydrogen) atoms. The molecule has 2 rings (SSSR count). The van der Waals surface area contributed by atoms with Crippen molar-refractivity contribution in [1.82, 2.24) is 5.32 Å². The van der Waals surface area contributed by atoms with Gasteiger partial charge in [-0.1, -0.05) is 26.7 Å². The van der Waals surface area contributed by atoms with Crippen LogP contribution >= 0.6 is 0 Å². The molecule has 1 aliphatic carbocycles. The third kappa shape index (κ3) is 8.93. The molecule has 6 nitrogen and oxygen atoms in total. The number of esters is 1. The number of alkyl carbamates (subject to hydrolysis) is 1. The summed E-state index contributed by atoms with van der Waals surface area (Å²) in [6.07, 6.45) is 6.04. The number of rotatable bonds is 7. The van der Waals surface area contributed by atoms with E-state index < -0.39 is 23.7 Å². The first-order valence-corrected chi connectivity index (χ1v) is 11.4. The maximum absolute atomic E-state index is 12.8. The van der Waals surface area contributed by atoms with Gasteiger partial charge in [0.1, 0.15) is 17.7 Å². The fourth-order valence-corrected chi connectivity index (χ4v) is 3.82. The largest absolute Gasteiger partial charge is 0.458 e. The summed E-state index contributed by atoms with van der Waals surface area (Å²) in [7, 11) is 0. The van der Waals surface area contributed by atoms with E-state index in [1.54, 1.807) is 20.8 Å². The lowest BCUT2D eigenvalue weighted by Gasteiger charge is -2.31. The lowest BCUT2D eigenvalue weighted by atomic mass is 9.86. The van der Waals surface area contributed by atoms with Gasteiger partial charge in [0.25, 0.3) is 0 Å². The van der Waals surface area contributed by atoms with E-state index in [9.17, 15) is 9.59 Å². The zero-order chi connectivity index (χ0) is 21.6. The van der Waals surface area contributed by atoms with E-state index in [4.69, 9.17) is 14.2 Å². The van der Waals surface area contributed by atoms with Crippen LogP contribution in [-0.2, 0) is 19.0 Å². The summed E-state index contributed by atoms with van der Waals surface area (Å²) in [4.78, 5) is 24.9. The molecule has 2 fully saturated rings. The lowest BCUT2D eigenvalue weighted by Crippen LogP contribution is -2.46. The van der Waals surface area contributed by atoms with Gasteiger partial charge in [0.15, 0.2) is 0 Å². The molecule has 1 amide bonds. The maximum atomic E-state index is 12.8. The van der Waals surface area contributed by atoms with Crippen LogP contribution in [0.4, 0.5) is 4.79 Å². The van der Waals surface area contributed by atoms with Crippen LogP contribution in [0.15, 0.2) is 0 Å². The second-order valence-corrected chi connectivity index (χ2v) is 10.2. The molecular formula is C23H41NO5. The second kappa shape index (κ2) is 10.6. The fourth-order valence-electron chi connectivity index (χ4n) is 3.82. The van der Waals surface area contributed by atoms with Gasteiger partial charge < -0.3 is 19.5 Å². The smallest absolute Gasteiger partial charge is 0.408 e. The van der Waals surface area contributed by atoms with Crippen LogP contribution in [0, 0.1) is 17.8 Å². The van der Waals surface area contributed by atoms with E-state index >= 15 is 0 Å². The van der Waals surface area contributed by atoms with E-state index in [0.717, 1.165) is 32.3 Å². The van der Waals surface area contributed by atoms with Crippen molar-refractivity contribution in [1.29, 1.82) is 0 Å². The summed E-state index contributed by atoms with van der Waals surface area (Å²) in [6, 6.07) is -0.680. The van der Waals surface area contributed by atoms with Gasteiger partial charge in [0, 0.05) is 6.61 Å². The minimum atomic E-state index is -0.680. The summed E-state index contributed by atoms with van der Waals surface area (Å²) in [5, 5.41) is 2.70. The van der Waals surface area contributed by atoms with Crippen molar-refractivity contribution in [3.05, 3.63) is 0 Å². The topological polar surface area (TPSA) is 73.9 Å². The Kier molecular flexibility index (Phi) is 8.80. The first kappa shape index (κ1) is 24.0. The van der Waals surface area contributed by atoms with Crippen molar-refractivity contribution >= 4 is 12.1 Å². The molecule has 0 aromatic carbocycles. The highest BCUT2D eigenvalue weighted by Crippen LogP contribution is 2.33. The number of ether oxygens (including phenoxy) is 3. The van der Waals surface area contributed by atoms with Gasteiger partial charge in [-0.3, -0.25) is 0 Å². The number of hydrogen-bond donors (Lipinski definition) is 1. The summed E-state index contributed by atoms with van der Waals surface area (Å²) >= 11 is 0. The summed E-state index contributed by atoms with van der Waals surface area (Å²) in [5.74, 6) is 1.26. The van der Waals surface area contributed by atoms with Gasteiger partial charge in [-0.2, -0.15) is 0 Å². The molecule has 1 saturated carbocycles. The molecule has 6 heteroatoms. The van der Waals surface area contributed by atoms with Crippen LogP contribution in [0.5, 0.6) is 0 Å². The van der Waals surface area contributed by atoms with Crippen LogP contribution < -0.4 is 5.32 Å². The van der Waals surface area contributed by atoms with E-state index in [1.165, 1.54) is 12.8 Å². The van der Waals surface area contributed by atoms with Crippen molar-refractivity contribution in [3.8, 4) is 0 Å². The van der Waals surface area contributed by atoms with Crippen LogP contribution in [0.25, 0.3) is 0 Å². The van der Waals surface area contributed by atoms with Crippen molar-refractivity contribution < 1.29 is 23.8 Å². The molecule has 4 atom stereocenters. The molecule has 4 unspecified atom stereocenters. The normalized spacial score (nSPS) is 28.9. The van der Waals surface area contributed by atoms with E-state index in [1.807, 2.05) is 6.92 Å². The SMILES string of the molecule is CC(C)CCC1CCCC(NC(=O)OC(C)(C)C)C(=O)OC(C)C1OCC1CC1. The highest BCUT2D eigenvalue weighted by molar-refractivity contribution is 5.81. The minimum absolute atomic E-state index is 0.0847. The molecule has 0 aromatic rings. The molecule has 1 saturated heterocycles. The Morgan fingerprint density at radius 1 is 1.21 bits per heavy atom. The molecule has 1 aliphatic heterocycles. The van der Waals surface area contributed by atoms with E-state index in [2.05, 4.69) is 19.2 Å². The Balaban J connectivity index is 2.04. The molecular weight excluding hydrogens is 370 g/mol. The lowest BCUT2D eigenvalue weighted by molar-refractivity contribution is -0.161. The maximum Gasteiger partial charge on any atom is 0.408 e. The van der Waals surface area contributed by atoms with Crippen molar-refractivity contribution in [2.45, 2.75) is 110 Å². The van der Waals surface area contributed by atoms with Crippen LogP contribution in [0.2, 0.25) is 0 Å². The number of amides is 1. The van der Waals surface area contributed by atoms with E-state index in [-0.39, 0.29) is 12.2 Å². The van der Waals surface area contributed by atoms with Gasteiger partial charge >= 0.3 is 12.1 Å². The summed E-state index contributed by atoms with van der Waals surface area (Å²) in [6.45, 7) is 12.6. The molecule has 1 N–H and O–H groups in total. The highest BCUT2D eigenvalue weighted by Gasteiger charge is 2.36. The zero-order valence-corrected chi connectivity index (χ0v) is 19.2. The van der Waals surface area contributed by atoms with Crippen LogP contribution in [0.1, 0.15) is 86.5 Å². The average molecular weight is 412 g/mol. The molecule has 168 valence electrons. The molecule has 0 spiro atoms. The van der Waals surface area contributed by atoms with Crippen LogP contribution in [0.3, 0.4) is 0 Å². The molecule has 2 aliphatic rings. The van der Waals surface area contributed by atoms with Gasteiger partial charge in [-0.25, -0.2) is 9.59 Å². The number of carbonyl (C=O) groups excluding carboxylic acids is 2. The molecule has 0 aromatic heterocycles. The van der Waals surface area contributed by atoms with Gasteiger partial charge in [0.2, 0.25) is 0 Å². The Hall–Kier alpha value is -1.30. The van der Waals surface area contributed by atoms with Crippen molar-refractivity contribution in [3.63, 3.8) is 0 Å². The zero-order valence-electron chi connectivity index (χ0n) is 19.2. The third-order valence-electron chi connectivity index (χ3n) is 5.61. The minimum Gasteiger partial charge on any atom is -0.458 e. The third-order valence-corrected chi connectivity index (χ3v) is 5.61. The predicted octanol–water partition coefficient (Wildman–Crippen LogP) is 4.84. The van der Waals surface area contributed by atoms with Gasteiger partial charge in [-0.05, 0) is 77.6 Å². The monoisotopic (exact) mass is 411 g/mol. The number of nitrogens with one attached hydrogen (secondary N) is 1. The predicted molar refractivity (Wildman–Crippen MR) is 113 cm³/mol. The van der Waals surface area contributed by atoms with Crippen LogP contribution in [-0.4, -0.2) is 42.5 Å². The molecule has 1 heterocycles. The van der Waals surface area contributed by atoms with Crippen molar-refractivity contribution in [2.24, 2.45) is 17.8 Å².